The van der Waals surface area contributed by atoms with E-state index < -0.39 is 12.0 Å². The second-order valence-electron chi connectivity index (χ2n) is 7.91. The molecule has 2 N–H and O–H groups in total. The number of anilines is 2. The Balaban J connectivity index is 1.78. The molecule has 0 bridgehead atoms. The number of aryl methyl sites for hydroxylation is 1. The minimum absolute atomic E-state index is 0.127. The van der Waals surface area contributed by atoms with Gasteiger partial charge in [-0.15, -0.1) is 0 Å². The van der Waals surface area contributed by atoms with E-state index in [1.165, 1.54) is 11.8 Å². The van der Waals surface area contributed by atoms with Gasteiger partial charge in [0.15, 0.2) is 5.17 Å². The lowest BCUT2D eigenvalue weighted by Crippen LogP contribution is -2.31. The number of amides is 1. The number of hydrogen-bond acceptors (Lipinski definition) is 7. The van der Waals surface area contributed by atoms with Crippen LogP contribution in [0.15, 0.2) is 64.8 Å². The monoisotopic (exact) mass is 466 g/mol. The Bertz CT molecular complexity index is 1060. The maximum atomic E-state index is 12.7. The van der Waals surface area contributed by atoms with Crippen molar-refractivity contribution in [3.05, 3.63) is 70.9 Å². The van der Waals surface area contributed by atoms with E-state index in [0.717, 1.165) is 22.5 Å². The SMILES string of the molecule is CCOC(=O)C1=C(C)NC(SCC(=O)Nc2ccc(C)cc2)=N[C@H]1c1ccc(N(C)C)cc1. The molecule has 0 saturated heterocycles. The van der Waals surface area contributed by atoms with E-state index >= 15 is 0 Å². The molecule has 1 aliphatic heterocycles. The summed E-state index contributed by atoms with van der Waals surface area (Å²) in [5.41, 5.74) is 4.97. The van der Waals surface area contributed by atoms with Crippen molar-refractivity contribution in [2.45, 2.75) is 26.8 Å². The highest BCUT2D eigenvalue weighted by Crippen LogP contribution is 2.33. The Kier molecular flexibility index (Phi) is 8.16. The first-order valence-corrected chi connectivity index (χ1v) is 11.8. The van der Waals surface area contributed by atoms with Crippen LogP contribution in [0.25, 0.3) is 0 Å². The summed E-state index contributed by atoms with van der Waals surface area (Å²) in [5.74, 6) is -0.333. The molecule has 33 heavy (non-hydrogen) atoms. The molecule has 2 aromatic rings. The van der Waals surface area contributed by atoms with Crippen molar-refractivity contribution < 1.29 is 14.3 Å². The summed E-state index contributed by atoms with van der Waals surface area (Å²) in [5, 5.41) is 6.64. The molecule has 1 aliphatic rings. The van der Waals surface area contributed by atoms with Gasteiger partial charge < -0.3 is 20.3 Å². The third-order valence-electron chi connectivity index (χ3n) is 5.11. The van der Waals surface area contributed by atoms with Gasteiger partial charge in [0.2, 0.25) is 5.91 Å². The summed E-state index contributed by atoms with van der Waals surface area (Å²) in [6, 6.07) is 15.1. The fourth-order valence-electron chi connectivity index (χ4n) is 3.36. The molecule has 174 valence electrons. The minimum Gasteiger partial charge on any atom is -0.463 e. The van der Waals surface area contributed by atoms with Gasteiger partial charge in [0.1, 0.15) is 6.04 Å². The quantitative estimate of drug-likeness (QED) is 0.593. The summed E-state index contributed by atoms with van der Waals surface area (Å²) in [7, 11) is 3.95. The van der Waals surface area contributed by atoms with Gasteiger partial charge in [0.05, 0.1) is 17.9 Å². The zero-order valence-corrected chi connectivity index (χ0v) is 20.5. The van der Waals surface area contributed by atoms with Crippen molar-refractivity contribution in [2.75, 3.05) is 36.7 Å². The van der Waals surface area contributed by atoms with E-state index in [1.54, 1.807) is 6.92 Å². The second kappa shape index (κ2) is 11.0. The Hall–Kier alpha value is -3.26. The molecular formula is C25H30N4O3S. The molecule has 1 atom stereocenters. The van der Waals surface area contributed by atoms with Crippen LogP contribution in [0.5, 0.6) is 0 Å². The van der Waals surface area contributed by atoms with Crippen molar-refractivity contribution in [2.24, 2.45) is 4.99 Å². The summed E-state index contributed by atoms with van der Waals surface area (Å²) in [6.07, 6.45) is 0. The number of hydrogen-bond donors (Lipinski definition) is 2. The fraction of sp³-hybridized carbons (Fsp3) is 0.320. The number of allylic oxidation sites excluding steroid dienone is 1. The van der Waals surface area contributed by atoms with E-state index in [-0.39, 0.29) is 18.3 Å². The van der Waals surface area contributed by atoms with Crippen molar-refractivity contribution >= 4 is 40.2 Å². The predicted octanol–water partition coefficient (Wildman–Crippen LogP) is 4.27. The van der Waals surface area contributed by atoms with Crippen LogP contribution in [-0.2, 0) is 14.3 Å². The Labute approximate surface area is 199 Å². The fourth-order valence-corrected chi connectivity index (χ4v) is 4.10. The number of thioether (sulfide) groups is 1. The topological polar surface area (TPSA) is 83.0 Å². The number of nitrogens with zero attached hydrogens (tertiary/aromatic N) is 2. The lowest BCUT2D eigenvalue weighted by atomic mass is 9.96. The molecule has 1 heterocycles. The van der Waals surface area contributed by atoms with Crippen LogP contribution < -0.4 is 15.5 Å². The molecule has 8 heteroatoms. The van der Waals surface area contributed by atoms with Crippen LogP contribution in [-0.4, -0.2) is 43.5 Å². The van der Waals surface area contributed by atoms with Crippen LogP contribution >= 0.6 is 11.8 Å². The maximum absolute atomic E-state index is 12.7. The van der Waals surface area contributed by atoms with E-state index in [9.17, 15) is 9.59 Å². The molecule has 0 fully saturated rings. The minimum atomic E-state index is -0.510. The van der Waals surface area contributed by atoms with Crippen LogP contribution in [0.4, 0.5) is 11.4 Å². The zero-order valence-electron chi connectivity index (χ0n) is 19.6. The smallest absolute Gasteiger partial charge is 0.338 e. The number of nitrogens with one attached hydrogen (secondary N) is 2. The second-order valence-corrected chi connectivity index (χ2v) is 8.87. The van der Waals surface area contributed by atoms with Gasteiger partial charge >= 0.3 is 5.97 Å². The molecule has 0 spiro atoms. The van der Waals surface area contributed by atoms with E-state index in [0.29, 0.717) is 16.4 Å². The van der Waals surface area contributed by atoms with Gasteiger partial charge in [-0.05, 0) is 50.6 Å². The van der Waals surface area contributed by atoms with E-state index in [4.69, 9.17) is 9.73 Å². The van der Waals surface area contributed by atoms with Crippen molar-refractivity contribution in [1.82, 2.24) is 5.32 Å². The molecule has 2 aromatic carbocycles. The largest absolute Gasteiger partial charge is 0.463 e. The average molecular weight is 467 g/mol. The number of aliphatic imine (C=N–C) groups is 1. The van der Waals surface area contributed by atoms with Gasteiger partial charge in [-0.1, -0.05) is 41.6 Å². The average Bonchev–Trinajstić information content (AvgIpc) is 2.79. The van der Waals surface area contributed by atoms with E-state index in [2.05, 4.69) is 10.6 Å². The molecule has 1 amide bonds. The standard InChI is InChI=1S/C25H30N4O3S/c1-6-32-24(31)22-17(3)26-25(28-23(22)18-9-13-20(14-10-18)29(4)5)33-15-21(30)27-19-11-7-16(2)8-12-19/h7-14,23H,6,15H2,1-5H3,(H,26,28)(H,27,30)/t23-/m0/s1. The summed E-state index contributed by atoms with van der Waals surface area (Å²) in [6.45, 7) is 5.89. The number of amidine groups is 1. The third-order valence-corrected chi connectivity index (χ3v) is 6.00. The number of rotatable bonds is 7. The van der Waals surface area contributed by atoms with Gasteiger partial charge in [-0.25, -0.2) is 9.79 Å². The number of carbonyl (C=O) groups is 2. The molecule has 0 aliphatic carbocycles. The predicted molar refractivity (Wildman–Crippen MR) is 136 cm³/mol. The zero-order chi connectivity index (χ0) is 24.0. The number of ether oxygens (including phenoxy) is 1. The summed E-state index contributed by atoms with van der Waals surface area (Å²) < 4.78 is 5.29. The molecule has 7 nitrogen and oxygen atoms in total. The highest BCUT2D eigenvalue weighted by Gasteiger charge is 2.30. The van der Waals surface area contributed by atoms with E-state index in [1.807, 2.05) is 81.4 Å². The van der Waals surface area contributed by atoms with Crippen LogP contribution in [0.3, 0.4) is 0 Å². The first-order chi connectivity index (χ1) is 15.8. The highest BCUT2D eigenvalue weighted by atomic mass is 32.2. The van der Waals surface area contributed by atoms with Crippen molar-refractivity contribution in [3.63, 3.8) is 0 Å². The van der Waals surface area contributed by atoms with Gasteiger partial charge in [-0.3, -0.25) is 4.79 Å². The van der Waals surface area contributed by atoms with Crippen molar-refractivity contribution in [3.8, 4) is 0 Å². The Morgan fingerprint density at radius 1 is 1.09 bits per heavy atom. The third kappa shape index (κ3) is 6.38. The lowest BCUT2D eigenvalue weighted by molar-refractivity contribution is -0.139. The van der Waals surface area contributed by atoms with Crippen LogP contribution in [0.2, 0.25) is 0 Å². The van der Waals surface area contributed by atoms with Gasteiger partial charge in [0, 0.05) is 31.2 Å². The molecular weight excluding hydrogens is 436 g/mol. The summed E-state index contributed by atoms with van der Waals surface area (Å²) in [4.78, 5) is 31.9. The normalized spacial score (nSPS) is 15.4. The first-order valence-electron chi connectivity index (χ1n) is 10.8. The number of carbonyl (C=O) groups excluding carboxylic acids is 2. The maximum Gasteiger partial charge on any atom is 0.338 e. The van der Waals surface area contributed by atoms with Gasteiger partial charge in [-0.2, -0.15) is 0 Å². The van der Waals surface area contributed by atoms with Gasteiger partial charge in [0.25, 0.3) is 0 Å². The lowest BCUT2D eigenvalue weighted by Gasteiger charge is -2.26. The number of esters is 1. The van der Waals surface area contributed by atoms with Crippen molar-refractivity contribution in [1.29, 1.82) is 0 Å². The molecule has 0 unspecified atom stereocenters. The Morgan fingerprint density at radius 2 is 1.76 bits per heavy atom. The van der Waals surface area contributed by atoms with Crippen LogP contribution in [0.1, 0.15) is 31.0 Å². The summed E-state index contributed by atoms with van der Waals surface area (Å²) >= 11 is 1.30. The molecule has 0 radical (unpaired) electrons. The molecule has 3 rings (SSSR count). The number of benzene rings is 2. The molecule has 0 saturated carbocycles. The Morgan fingerprint density at radius 3 is 2.36 bits per heavy atom. The first kappa shape index (κ1) is 24.4. The molecule has 0 aromatic heterocycles. The highest BCUT2D eigenvalue weighted by molar-refractivity contribution is 8.14. The van der Waals surface area contributed by atoms with Crippen LogP contribution in [0, 0.1) is 6.92 Å².